The summed E-state index contributed by atoms with van der Waals surface area (Å²) in [6.07, 6.45) is 2.62. The third-order valence-electron chi connectivity index (χ3n) is 12.5. The summed E-state index contributed by atoms with van der Waals surface area (Å²) < 4.78 is 6.00. The van der Waals surface area contributed by atoms with Crippen molar-refractivity contribution in [2.75, 3.05) is 45.9 Å². The highest BCUT2D eigenvalue weighted by Gasteiger charge is 2.33. The fraction of sp³-hybridized carbons (Fsp3) is 0.300. The van der Waals surface area contributed by atoms with Gasteiger partial charge < -0.3 is 15.0 Å². The number of likely N-dealkylation sites (tertiary alicyclic amines) is 1. The van der Waals surface area contributed by atoms with Crippen LogP contribution < -0.4 is 5.32 Å². The number of benzene rings is 5. The Kier molecular flexibility index (Phi) is 11.0. The number of nitrogens with one attached hydrogen (secondary N) is 1. The molecule has 0 bridgehead atoms. The van der Waals surface area contributed by atoms with Gasteiger partial charge in [0, 0.05) is 61.2 Å². The lowest BCUT2D eigenvalue weighted by atomic mass is 9.94. The van der Waals surface area contributed by atoms with Gasteiger partial charge in [-0.25, -0.2) is 9.78 Å². The van der Waals surface area contributed by atoms with Gasteiger partial charge in [-0.3, -0.25) is 14.6 Å². The molecule has 8 heteroatoms. The zero-order chi connectivity index (χ0) is 39.4. The van der Waals surface area contributed by atoms with Crippen LogP contribution in [0.4, 0.5) is 4.79 Å². The number of hydrogen-bond donors (Lipinski definition) is 1. The number of piperazine rings is 1. The number of fused-ring (bicyclic) bond motifs is 4. The van der Waals surface area contributed by atoms with Crippen LogP contribution in [0.1, 0.15) is 70.8 Å². The fourth-order valence-corrected chi connectivity index (χ4v) is 9.46. The van der Waals surface area contributed by atoms with Crippen molar-refractivity contribution in [3.8, 4) is 22.4 Å². The van der Waals surface area contributed by atoms with Gasteiger partial charge in [-0.1, -0.05) is 134 Å². The van der Waals surface area contributed by atoms with Gasteiger partial charge in [0.1, 0.15) is 6.61 Å². The predicted molar refractivity (Wildman–Crippen MR) is 231 cm³/mol. The van der Waals surface area contributed by atoms with Crippen molar-refractivity contribution >= 4 is 22.9 Å². The van der Waals surface area contributed by atoms with Crippen molar-refractivity contribution in [2.24, 2.45) is 0 Å². The molecule has 9 rings (SSSR count). The topological polar surface area (TPSA) is 78.0 Å². The first-order valence-corrected chi connectivity index (χ1v) is 20.9. The van der Waals surface area contributed by atoms with Crippen molar-refractivity contribution in [3.05, 3.63) is 161 Å². The lowest BCUT2D eigenvalue weighted by Crippen LogP contribution is -2.54. The molecule has 1 N–H and O–H groups in total. The van der Waals surface area contributed by atoms with Crippen LogP contribution in [0.2, 0.25) is 0 Å². The van der Waals surface area contributed by atoms with Crippen molar-refractivity contribution in [1.29, 1.82) is 0 Å². The largest absolute Gasteiger partial charge is 0.448 e. The number of hydrogen-bond acceptors (Lipinski definition) is 6. The second-order valence-electron chi connectivity index (χ2n) is 15.9. The van der Waals surface area contributed by atoms with Gasteiger partial charge >= 0.3 is 6.09 Å². The zero-order valence-electron chi connectivity index (χ0n) is 33.2. The molecule has 2 amide bonds. The van der Waals surface area contributed by atoms with Crippen LogP contribution in [-0.4, -0.2) is 83.6 Å². The highest BCUT2D eigenvalue weighted by molar-refractivity contribution is 6.09. The van der Waals surface area contributed by atoms with E-state index in [1.54, 1.807) is 0 Å². The smallest absolute Gasteiger partial charge is 0.409 e. The van der Waals surface area contributed by atoms with Gasteiger partial charge in [0.2, 0.25) is 0 Å². The van der Waals surface area contributed by atoms with Crippen LogP contribution in [0, 0.1) is 0 Å². The second-order valence-corrected chi connectivity index (χ2v) is 15.9. The Hall–Kier alpha value is -5.83. The minimum absolute atomic E-state index is 0.0602. The van der Waals surface area contributed by atoms with Crippen LogP contribution >= 0.6 is 0 Å². The standard InChI is InChI=1S/C50H51N5O3/c1-2-45(35-15-5-3-6-16-35)52-49(56)47-42-23-13-14-24-46(42)51-48(36-17-7-4-8-18-36)43(47)33-53-27-25-37(26-28-53)54-29-31-55(32-30-54)50(57)58-34-44-40-21-11-9-19-38(40)39-20-10-12-22-41(39)44/h3-24,37,44-45H,2,25-34H2,1H3,(H,52,56). The third-order valence-corrected chi connectivity index (χ3v) is 12.5. The summed E-state index contributed by atoms with van der Waals surface area (Å²) in [5, 5.41) is 4.29. The van der Waals surface area contributed by atoms with Crippen LogP contribution in [0.15, 0.2) is 133 Å². The number of carbonyl (C=O) groups is 2. The average molecular weight is 770 g/mol. The van der Waals surface area contributed by atoms with Crippen molar-refractivity contribution in [3.63, 3.8) is 0 Å². The number of amides is 2. The summed E-state index contributed by atoms with van der Waals surface area (Å²) in [5.41, 5.74) is 10.4. The van der Waals surface area contributed by atoms with Gasteiger partial charge in [0.25, 0.3) is 5.91 Å². The molecule has 294 valence electrons. The lowest BCUT2D eigenvalue weighted by Gasteiger charge is -2.42. The normalized spacial score (nSPS) is 16.8. The highest BCUT2D eigenvalue weighted by Crippen LogP contribution is 2.44. The van der Waals surface area contributed by atoms with Crippen LogP contribution in [0.3, 0.4) is 0 Å². The molecule has 1 aromatic heterocycles. The molecule has 8 nitrogen and oxygen atoms in total. The molecule has 1 unspecified atom stereocenters. The molecule has 1 aliphatic carbocycles. The lowest BCUT2D eigenvalue weighted by molar-refractivity contribution is 0.0441. The Morgan fingerprint density at radius 3 is 2.00 bits per heavy atom. The molecule has 1 atom stereocenters. The molecule has 0 spiro atoms. The van der Waals surface area contributed by atoms with E-state index in [0.29, 0.717) is 37.8 Å². The van der Waals surface area contributed by atoms with Gasteiger partial charge in [-0.2, -0.15) is 0 Å². The molecule has 3 aliphatic rings. The van der Waals surface area contributed by atoms with Crippen LogP contribution in [0.5, 0.6) is 0 Å². The van der Waals surface area contributed by atoms with E-state index in [-0.39, 0.29) is 24.0 Å². The van der Waals surface area contributed by atoms with E-state index >= 15 is 0 Å². The molecule has 2 saturated heterocycles. The Bertz CT molecular complexity index is 2340. The van der Waals surface area contributed by atoms with E-state index in [1.807, 2.05) is 65.6 Å². The number of aromatic nitrogens is 1. The van der Waals surface area contributed by atoms with E-state index in [1.165, 1.54) is 22.3 Å². The van der Waals surface area contributed by atoms with E-state index < -0.39 is 0 Å². The number of piperidine rings is 1. The molecule has 5 aromatic carbocycles. The van der Waals surface area contributed by atoms with Gasteiger partial charge in [0.15, 0.2) is 0 Å². The van der Waals surface area contributed by atoms with Gasteiger partial charge in [-0.05, 0) is 66.2 Å². The van der Waals surface area contributed by atoms with E-state index in [9.17, 15) is 9.59 Å². The number of carbonyl (C=O) groups excluding carboxylic acids is 2. The number of para-hydroxylation sites is 1. The monoisotopic (exact) mass is 769 g/mol. The minimum atomic E-state index is -0.219. The molecular formula is C50H51N5O3. The number of pyridine rings is 1. The number of rotatable bonds is 10. The fourth-order valence-electron chi connectivity index (χ4n) is 9.46. The molecule has 6 aromatic rings. The van der Waals surface area contributed by atoms with E-state index in [2.05, 4.69) is 94.8 Å². The average Bonchev–Trinajstić information content (AvgIpc) is 3.61. The van der Waals surface area contributed by atoms with Crippen molar-refractivity contribution in [2.45, 2.75) is 50.7 Å². The SMILES string of the molecule is CCC(NC(=O)c1c(CN2CCC(N3CCN(C(=O)OCC4c5ccccc5-c5ccccc54)CC3)CC2)c(-c2ccccc2)nc2ccccc12)c1ccccc1. The Balaban J connectivity index is 0.863. The van der Waals surface area contributed by atoms with Crippen molar-refractivity contribution in [1.82, 2.24) is 25.0 Å². The first-order chi connectivity index (χ1) is 28.6. The molecule has 2 aliphatic heterocycles. The molecule has 3 heterocycles. The molecule has 2 fully saturated rings. The highest BCUT2D eigenvalue weighted by atomic mass is 16.6. The summed E-state index contributed by atoms with van der Waals surface area (Å²) in [5.74, 6) is -0.00404. The molecule has 0 saturated carbocycles. The Morgan fingerprint density at radius 2 is 1.33 bits per heavy atom. The first-order valence-electron chi connectivity index (χ1n) is 20.9. The predicted octanol–water partition coefficient (Wildman–Crippen LogP) is 9.31. The quantitative estimate of drug-likeness (QED) is 0.150. The van der Waals surface area contributed by atoms with E-state index in [4.69, 9.17) is 9.72 Å². The van der Waals surface area contributed by atoms with Crippen LogP contribution in [-0.2, 0) is 11.3 Å². The Morgan fingerprint density at radius 1 is 0.724 bits per heavy atom. The molecule has 0 radical (unpaired) electrons. The minimum Gasteiger partial charge on any atom is -0.448 e. The summed E-state index contributed by atoms with van der Waals surface area (Å²) in [4.78, 5) is 40.1. The van der Waals surface area contributed by atoms with Crippen molar-refractivity contribution < 1.29 is 14.3 Å². The second kappa shape index (κ2) is 16.9. The maximum Gasteiger partial charge on any atom is 0.409 e. The molecule has 58 heavy (non-hydrogen) atoms. The third kappa shape index (κ3) is 7.62. The van der Waals surface area contributed by atoms with Gasteiger partial charge in [-0.15, -0.1) is 0 Å². The number of nitrogens with zero attached hydrogens (tertiary/aromatic N) is 4. The summed E-state index contributed by atoms with van der Waals surface area (Å²) in [6.45, 7) is 7.94. The van der Waals surface area contributed by atoms with Gasteiger partial charge in [0.05, 0.1) is 22.8 Å². The first kappa shape index (κ1) is 37.7. The summed E-state index contributed by atoms with van der Waals surface area (Å²) in [7, 11) is 0. The summed E-state index contributed by atoms with van der Waals surface area (Å²) >= 11 is 0. The maximum atomic E-state index is 14.6. The van der Waals surface area contributed by atoms with Crippen LogP contribution in [0.25, 0.3) is 33.3 Å². The zero-order valence-corrected chi connectivity index (χ0v) is 33.2. The maximum absolute atomic E-state index is 14.6. The van der Waals surface area contributed by atoms with E-state index in [0.717, 1.165) is 78.7 Å². The summed E-state index contributed by atoms with van der Waals surface area (Å²) in [6, 6.07) is 45.8. The number of ether oxygens (including phenoxy) is 1. The Labute approximate surface area is 341 Å². The molecular weight excluding hydrogens is 719 g/mol.